The first kappa shape index (κ1) is 11.2. The predicted octanol–water partition coefficient (Wildman–Crippen LogP) is 1.81. The topological polar surface area (TPSA) is 63.6 Å². The number of H-pyrrole nitrogens is 1. The lowest BCUT2D eigenvalue weighted by molar-refractivity contribution is 0.0910. The van der Waals surface area contributed by atoms with Gasteiger partial charge in [-0.3, -0.25) is 9.89 Å². The van der Waals surface area contributed by atoms with E-state index in [0.29, 0.717) is 13.0 Å². The molecule has 0 unspecified atom stereocenters. The molecule has 5 nitrogen and oxygen atoms in total. The van der Waals surface area contributed by atoms with Crippen molar-refractivity contribution in [3.63, 3.8) is 0 Å². The highest BCUT2D eigenvalue weighted by Gasteiger charge is 2.32. The fourth-order valence-electron chi connectivity index (χ4n) is 2.62. The molecule has 0 radical (unpaired) electrons. The lowest BCUT2D eigenvalue weighted by Gasteiger charge is -2.29. The second kappa shape index (κ2) is 3.80. The van der Waals surface area contributed by atoms with Gasteiger partial charge in [0.2, 0.25) is 0 Å². The van der Waals surface area contributed by atoms with Crippen LogP contribution in [0.5, 0.6) is 0 Å². The molecule has 1 aliphatic carbocycles. The van der Waals surface area contributed by atoms with Gasteiger partial charge >= 0.3 is 0 Å². The van der Waals surface area contributed by atoms with E-state index in [1.165, 1.54) is 6.33 Å². The number of fused-ring (bicyclic) bond motifs is 1. The van der Waals surface area contributed by atoms with Gasteiger partial charge in [-0.2, -0.15) is 5.10 Å². The highest BCUT2D eigenvalue weighted by atomic mass is 16.1. The molecule has 0 fully saturated rings. The summed E-state index contributed by atoms with van der Waals surface area (Å²) < 4.78 is 2.09. The van der Waals surface area contributed by atoms with Crippen LogP contribution in [0.15, 0.2) is 18.6 Å². The molecule has 2 aromatic rings. The van der Waals surface area contributed by atoms with Crippen LogP contribution in [0.3, 0.4) is 0 Å². The number of hydrogen-bond donors (Lipinski definition) is 1. The summed E-state index contributed by atoms with van der Waals surface area (Å²) in [5, 5.41) is 6.69. The number of hydrogen-bond acceptors (Lipinski definition) is 3. The molecule has 0 aliphatic heterocycles. The summed E-state index contributed by atoms with van der Waals surface area (Å²) in [6.07, 6.45) is 5.02. The molecule has 0 atom stereocenters. The van der Waals surface area contributed by atoms with Crippen molar-refractivity contribution in [2.24, 2.45) is 5.41 Å². The molecule has 1 aliphatic rings. The maximum atomic E-state index is 12.1. The largest absolute Gasteiger partial charge is 0.343 e. The van der Waals surface area contributed by atoms with E-state index in [9.17, 15) is 4.79 Å². The summed E-state index contributed by atoms with van der Waals surface area (Å²) in [4.78, 5) is 16.2. The summed E-state index contributed by atoms with van der Waals surface area (Å²) >= 11 is 0. The van der Waals surface area contributed by atoms with Gasteiger partial charge in [0.25, 0.3) is 0 Å². The molecule has 0 amide bonds. The van der Waals surface area contributed by atoms with Crippen LogP contribution >= 0.6 is 0 Å². The number of ketones is 1. The van der Waals surface area contributed by atoms with E-state index in [-0.39, 0.29) is 11.2 Å². The van der Waals surface area contributed by atoms with Crippen molar-refractivity contribution in [2.45, 2.75) is 33.2 Å². The number of Topliss-reactive ketones (excluding diaryl/α,β-unsaturated/α-hetero) is 1. The highest BCUT2D eigenvalue weighted by Crippen LogP contribution is 2.35. The van der Waals surface area contributed by atoms with E-state index in [0.717, 1.165) is 23.5 Å². The number of aromatic amines is 1. The van der Waals surface area contributed by atoms with Crippen LogP contribution in [0, 0.1) is 5.41 Å². The monoisotopic (exact) mass is 244 g/mol. The number of nitrogens with zero attached hydrogens (tertiary/aromatic N) is 3. The van der Waals surface area contributed by atoms with Crippen molar-refractivity contribution in [1.82, 2.24) is 19.7 Å². The summed E-state index contributed by atoms with van der Waals surface area (Å²) in [6, 6.07) is 1.92. The molecule has 94 valence electrons. The van der Waals surface area contributed by atoms with Crippen LogP contribution in [0.25, 0.3) is 0 Å². The Balaban J connectivity index is 1.97. The lowest BCUT2D eigenvalue weighted by atomic mass is 9.76. The van der Waals surface area contributed by atoms with Gasteiger partial charge in [-0.1, -0.05) is 13.8 Å². The standard InChI is InChI=1S/C13H16N4O/c1-13(2)5-10-9(11(18)6-13)3-4-17(10)7-12-14-8-15-16-12/h3-4,8H,5-7H2,1-2H3,(H,14,15,16). The molecule has 0 bridgehead atoms. The van der Waals surface area contributed by atoms with E-state index < -0.39 is 0 Å². The zero-order chi connectivity index (χ0) is 12.8. The normalized spacial score (nSPS) is 17.8. The quantitative estimate of drug-likeness (QED) is 0.876. The number of rotatable bonds is 2. The Morgan fingerprint density at radius 1 is 1.44 bits per heavy atom. The Labute approximate surface area is 105 Å². The van der Waals surface area contributed by atoms with Crippen LogP contribution in [-0.2, 0) is 13.0 Å². The molecule has 3 rings (SSSR count). The third-order valence-electron chi connectivity index (χ3n) is 3.45. The van der Waals surface area contributed by atoms with Crippen molar-refractivity contribution < 1.29 is 4.79 Å². The summed E-state index contributed by atoms with van der Waals surface area (Å²) in [5.74, 6) is 1.06. The minimum absolute atomic E-state index is 0.0433. The summed E-state index contributed by atoms with van der Waals surface area (Å²) in [7, 11) is 0. The van der Waals surface area contributed by atoms with E-state index in [1.54, 1.807) is 0 Å². The Morgan fingerprint density at radius 2 is 2.28 bits per heavy atom. The Bertz CT molecular complexity index is 580. The van der Waals surface area contributed by atoms with Gasteiger partial charge in [0.1, 0.15) is 12.2 Å². The number of aromatic nitrogens is 4. The predicted molar refractivity (Wildman–Crippen MR) is 66.3 cm³/mol. The van der Waals surface area contributed by atoms with Crippen molar-refractivity contribution in [3.8, 4) is 0 Å². The summed E-state index contributed by atoms with van der Waals surface area (Å²) in [6.45, 7) is 4.91. The third kappa shape index (κ3) is 1.85. The van der Waals surface area contributed by atoms with Gasteiger partial charge in [0.15, 0.2) is 5.78 Å². The second-order valence-electron chi connectivity index (χ2n) is 5.68. The number of carbonyl (C=O) groups is 1. The van der Waals surface area contributed by atoms with Crippen molar-refractivity contribution in [3.05, 3.63) is 35.7 Å². The SMILES string of the molecule is CC1(C)CC(=O)c2ccn(Cc3ncn[nH]3)c2C1. The van der Waals surface area contributed by atoms with Crippen molar-refractivity contribution in [2.75, 3.05) is 0 Å². The molecule has 0 aromatic carbocycles. The van der Waals surface area contributed by atoms with Gasteiger partial charge in [-0.15, -0.1) is 0 Å². The molecule has 2 aromatic heterocycles. The number of nitrogens with one attached hydrogen (secondary N) is 1. The van der Waals surface area contributed by atoms with Gasteiger partial charge in [-0.05, 0) is 17.9 Å². The minimum Gasteiger partial charge on any atom is -0.343 e. The molecule has 2 heterocycles. The zero-order valence-corrected chi connectivity index (χ0v) is 10.6. The Kier molecular flexibility index (Phi) is 2.36. The maximum Gasteiger partial charge on any atom is 0.165 e. The fourth-order valence-corrected chi connectivity index (χ4v) is 2.62. The molecule has 0 saturated heterocycles. The Morgan fingerprint density at radius 3 is 3.00 bits per heavy atom. The van der Waals surface area contributed by atoms with Gasteiger partial charge < -0.3 is 4.57 Å². The van der Waals surface area contributed by atoms with Crippen molar-refractivity contribution >= 4 is 5.78 Å². The first-order valence-corrected chi connectivity index (χ1v) is 6.11. The average Bonchev–Trinajstić information content (AvgIpc) is 2.88. The zero-order valence-electron chi connectivity index (χ0n) is 10.6. The molecule has 0 saturated carbocycles. The first-order valence-electron chi connectivity index (χ1n) is 6.11. The fraction of sp³-hybridized carbons (Fsp3) is 0.462. The van der Waals surface area contributed by atoms with Crippen molar-refractivity contribution in [1.29, 1.82) is 0 Å². The maximum absolute atomic E-state index is 12.1. The van der Waals surface area contributed by atoms with Crippen LogP contribution in [0.1, 0.15) is 42.1 Å². The van der Waals surface area contributed by atoms with Crippen LogP contribution in [0.4, 0.5) is 0 Å². The smallest absolute Gasteiger partial charge is 0.165 e. The molecule has 0 spiro atoms. The van der Waals surface area contributed by atoms with Gasteiger partial charge in [0, 0.05) is 23.9 Å². The highest BCUT2D eigenvalue weighted by molar-refractivity contribution is 5.98. The molecule has 5 heteroatoms. The van der Waals surface area contributed by atoms with E-state index in [4.69, 9.17) is 0 Å². The minimum atomic E-state index is 0.0433. The van der Waals surface area contributed by atoms with Crippen LogP contribution in [0.2, 0.25) is 0 Å². The van der Waals surface area contributed by atoms with Crippen LogP contribution < -0.4 is 0 Å². The average molecular weight is 244 g/mol. The number of carbonyl (C=O) groups excluding carboxylic acids is 1. The summed E-state index contributed by atoms with van der Waals surface area (Å²) in [5.41, 5.74) is 2.03. The molecular weight excluding hydrogens is 228 g/mol. The third-order valence-corrected chi connectivity index (χ3v) is 3.45. The van der Waals surface area contributed by atoms with Gasteiger partial charge in [0.05, 0.1) is 6.54 Å². The lowest BCUT2D eigenvalue weighted by Crippen LogP contribution is -2.28. The van der Waals surface area contributed by atoms with E-state index >= 15 is 0 Å². The van der Waals surface area contributed by atoms with Gasteiger partial charge in [-0.25, -0.2) is 4.98 Å². The second-order valence-corrected chi connectivity index (χ2v) is 5.68. The van der Waals surface area contributed by atoms with E-state index in [2.05, 4.69) is 33.6 Å². The van der Waals surface area contributed by atoms with Crippen LogP contribution in [-0.4, -0.2) is 25.5 Å². The molecule has 18 heavy (non-hydrogen) atoms. The first-order chi connectivity index (χ1) is 8.55. The molecule has 1 N–H and O–H groups in total. The Hall–Kier alpha value is -1.91. The molecular formula is C13H16N4O. The van der Waals surface area contributed by atoms with E-state index in [1.807, 2.05) is 12.3 Å².